The summed E-state index contributed by atoms with van der Waals surface area (Å²) in [4.78, 5) is 4.74. The van der Waals surface area contributed by atoms with Gasteiger partial charge in [-0.3, -0.25) is 0 Å². The fourth-order valence-corrected chi connectivity index (χ4v) is 3.35. The number of benzene rings is 2. The van der Waals surface area contributed by atoms with Crippen LogP contribution in [0, 0.1) is 6.92 Å². The Kier molecular flexibility index (Phi) is 5.77. The van der Waals surface area contributed by atoms with Crippen molar-refractivity contribution in [1.82, 2.24) is 9.55 Å². The molecule has 0 atom stereocenters. The standard InChI is InChI=1S/C19H22N2O2S/c1-15-7-9-16(10-8-15)23-13-14-24-19-20-17-5-3-4-6-18(17)21(19)11-12-22-2/h3-10H,11-14H2,1-2H3. The zero-order valence-electron chi connectivity index (χ0n) is 14.1. The number of thioether (sulfide) groups is 1. The highest BCUT2D eigenvalue weighted by atomic mass is 32.2. The number of para-hydroxylation sites is 2. The van der Waals surface area contributed by atoms with Crippen LogP contribution in [0.4, 0.5) is 0 Å². The zero-order chi connectivity index (χ0) is 16.8. The van der Waals surface area contributed by atoms with Crippen molar-refractivity contribution in [3.8, 4) is 5.75 Å². The summed E-state index contributed by atoms with van der Waals surface area (Å²) in [5, 5.41) is 1.01. The lowest BCUT2D eigenvalue weighted by molar-refractivity contribution is 0.186. The summed E-state index contributed by atoms with van der Waals surface area (Å²) >= 11 is 1.72. The predicted molar refractivity (Wildman–Crippen MR) is 99.0 cm³/mol. The molecular weight excluding hydrogens is 320 g/mol. The maximum Gasteiger partial charge on any atom is 0.169 e. The van der Waals surface area contributed by atoms with Crippen LogP contribution in [0.3, 0.4) is 0 Å². The molecule has 24 heavy (non-hydrogen) atoms. The van der Waals surface area contributed by atoms with Crippen molar-refractivity contribution in [3.63, 3.8) is 0 Å². The maximum atomic E-state index is 5.80. The van der Waals surface area contributed by atoms with Gasteiger partial charge in [0.05, 0.1) is 24.2 Å². The molecule has 0 N–H and O–H groups in total. The molecule has 1 heterocycles. The molecule has 0 saturated heterocycles. The molecule has 0 radical (unpaired) electrons. The Morgan fingerprint density at radius 1 is 1.04 bits per heavy atom. The van der Waals surface area contributed by atoms with Crippen LogP contribution in [0.25, 0.3) is 11.0 Å². The molecule has 0 spiro atoms. The second-order valence-electron chi connectivity index (χ2n) is 5.54. The molecule has 2 aromatic carbocycles. The zero-order valence-corrected chi connectivity index (χ0v) is 14.9. The van der Waals surface area contributed by atoms with Gasteiger partial charge in [-0.15, -0.1) is 0 Å². The molecule has 0 aliphatic heterocycles. The van der Waals surface area contributed by atoms with Gasteiger partial charge < -0.3 is 14.0 Å². The van der Waals surface area contributed by atoms with Crippen LogP contribution in [-0.2, 0) is 11.3 Å². The summed E-state index contributed by atoms with van der Waals surface area (Å²) in [5.41, 5.74) is 3.41. The lowest BCUT2D eigenvalue weighted by atomic mass is 10.2. The molecule has 3 rings (SSSR count). The quantitative estimate of drug-likeness (QED) is 0.455. The van der Waals surface area contributed by atoms with Crippen LogP contribution in [0.2, 0.25) is 0 Å². The van der Waals surface area contributed by atoms with Gasteiger partial charge in [0.15, 0.2) is 5.16 Å². The largest absolute Gasteiger partial charge is 0.493 e. The number of aryl methyl sites for hydroxylation is 1. The number of imidazole rings is 1. The Morgan fingerprint density at radius 2 is 1.83 bits per heavy atom. The van der Waals surface area contributed by atoms with Crippen molar-refractivity contribution in [2.45, 2.75) is 18.6 Å². The summed E-state index contributed by atoms with van der Waals surface area (Å²) < 4.78 is 13.2. The topological polar surface area (TPSA) is 36.3 Å². The number of hydrogen-bond donors (Lipinski definition) is 0. The minimum Gasteiger partial charge on any atom is -0.493 e. The van der Waals surface area contributed by atoms with Gasteiger partial charge in [-0.25, -0.2) is 4.98 Å². The van der Waals surface area contributed by atoms with Gasteiger partial charge in [-0.2, -0.15) is 0 Å². The highest BCUT2D eigenvalue weighted by Crippen LogP contribution is 2.24. The van der Waals surface area contributed by atoms with Crippen LogP contribution in [-0.4, -0.2) is 35.6 Å². The Hall–Kier alpha value is -1.98. The number of ether oxygens (including phenoxy) is 2. The highest BCUT2D eigenvalue weighted by molar-refractivity contribution is 7.99. The van der Waals surface area contributed by atoms with E-state index in [0.29, 0.717) is 13.2 Å². The first-order valence-corrected chi connectivity index (χ1v) is 9.03. The van der Waals surface area contributed by atoms with Gasteiger partial charge >= 0.3 is 0 Å². The van der Waals surface area contributed by atoms with Gasteiger partial charge in [0.25, 0.3) is 0 Å². The summed E-state index contributed by atoms with van der Waals surface area (Å²) in [6.45, 7) is 4.21. The van der Waals surface area contributed by atoms with Crippen molar-refractivity contribution < 1.29 is 9.47 Å². The van der Waals surface area contributed by atoms with Crippen LogP contribution in [0.15, 0.2) is 53.7 Å². The second-order valence-corrected chi connectivity index (χ2v) is 6.60. The fraction of sp³-hybridized carbons (Fsp3) is 0.316. The lowest BCUT2D eigenvalue weighted by Crippen LogP contribution is -2.07. The molecule has 0 fully saturated rings. The number of fused-ring (bicyclic) bond motifs is 1. The molecule has 0 amide bonds. The summed E-state index contributed by atoms with van der Waals surface area (Å²) in [6, 6.07) is 16.4. The van der Waals surface area contributed by atoms with Gasteiger partial charge in [0, 0.05) is 19.4 Å². The lowest BCUT2D eigenvalue weighted by Gasteiger charge is -2.09. The number of methoxy groups -OCH3 is 1. The van der Waals surface area contributed by atoms with Crippen LogP contribution in [0.1, 0.15) is 5.56 Å². The molecule has 3 aromatic rings. The molecule has 4 nitrogen and oxygen atoms in total. The van der Waals surface area contributed by atoms with E-state index in [1.165, 1.54) is 5.56 Å². The maximum absolute atomic E-state index is 5.80. The Balaban J connectivity index is 1.62. The van der Waals surface area contributed by atoms with Gasteiger partial charge in [0.2, 0.25) is 0 Å². The molecule has 126 valence electrons. The average Bonchev–Trinajstić information content (AvgIpc) is 2.96. The van der Waals surface area contributed by atoms with Crippen molar-refractivity contribution >= 4 is 22.8 Å². The van der Waals surface area contributed by atoms with Gasteiger partial charge in [0.1, 0.15) is 5.75 Å². The predicted octanol–water partition coefficient (Wildman–Crippen LogP) is 4.16. The van der Waals surface area contributed by atoms with E-state index in [0.717, 1.165) is 34.2 Å². The van der Waals surface area contributed by atoms with E-state index in [-0.39, 0.29) is 0 Å². The van der Waals surface area contributed by atoms with E-state index >= 15 is 0 Å². The summed E-state index contributed by atoms with van der Waals surface area (Å²) in [6.07, 6.45) is 0. The molecular formula is C19H22N2O2S. The SMILES string of the molecule is COCCn1c(SCCOc2ccc(C)cc2)nc2ccccc21. The van der Waals surface area contributed by atoms with E-state index < -0.39 is 0 Å². The third-order valence-electron chi connectivity index (χ3n) is 3.74. The van der Waals surface area contributed by atoms with Gasteiger partial charge in [-0.1, -0.05) is 41.6 Å². The molecule has 0 saturated carbocycles. The monoisotopic (exact) mass is 342 g/mol. The van der Waals surface area contributed by atoms with Crippen LogP contribution < -0.4 is 4.74 Å². The third kappa shape index (κ3) is 4.10. The number of nitrogens with zero attached hydrogens (tertiary/aromatic N) is 2. The molecule has 0 aliphatic carbocycles. The van der Waals surface area contributed by atoms with Crippen LogP contribution >= 0.6 is 11.8 Å². The molecule has 0 aliphatic rings. The van der Waals surface area contributed by atoms with Crippen molar-refractivity contribution in [2.24, 2.45) is 0 Å². The smallest absolute Gasteiger partial charge is 0.169 e. The average molecular weight is 342 g/mol. The Labute approximate surface area is 146 Å². The first-order chi connectivity index (χ1) is 11.8. The first kappa shape index (κ1) is 16.9. The summed E-state index contributed by atoms with van der Waals surface area (Å²) in [7, 11) is 1.72. The van der Waals surface area contributed by atoms with E-state index in [4.69, 9.17) is 14.5 Å². The molecule has 0 unspecified atom stereocenters. The van der Waals surface area contributed by atoms with E-state index in [9.17, 15) is 0 Å². The van der Waals surface area contributed by atoms with Gasteiger partial charge in [-0.05, 0) is 31.2 Å². The molecule has 5 heteroatoms. The van der Waals surface area contributed by atoms with Crippen molar-refractivity contribution in [3.05, 3.63) is 54.1 Å². The van der Waals surface area contributed by atoms with E-state index in [1.54, 1.807) is 18.9 Å². The van der Waals surface area contributed by atoms with Crippen LogP contribution in [0.5, 0.6) is 5.75 Å². The van der Waals surface area contributed by atoms with Crippen molar-refractivity contribution in [1.29, 1.82) is 0 Å². The Bertz CT molecular complexity index is 784. The fourth-order valence-electron chi connectivity index (χ4n) is 2.49. The molecule has 1 aromatic heterocycles. The number of rotatable bonds is 8. The minimum atomic E-state index is 0.654. The molecule has 0 bridgehead atoms. The summed E-state index contributed by atoms with van der Waals surface area (Å²) in [5.74, 6) is 1.76. The van der Waals surface area contributed by atoms with E-state index in [2.05, 4.69) is 29.7 Å². The highest BCUT2D eigenvalue weighted by Gasteiger charge is 2.10. The van der Waals surface area contributed by atoms with Crippen molar-refractivity contribution in [2.75, 3.05) is 26.1 Å². The second kappa shape index (κ2) is 8.22. The first-order valence-electron chi connectivity index (χ1n) is 8.04. The Morgan fingerprint density at radius 3 is 2.62 bits per heavy atom. The number of hydrogen-bond acceptors (Lipinski definition) is 4. The third-order valence-corrected chi connectivity index (χ3v) is 4.68. The minimum absolute atomic E-state index is 0.654. The van der Waals surface area contributed by atoms with E-state index in [1.807, 2.05) is 30.3 Å². The number of aromatic nitrogens is 2. The normalized spacial score (nSPS) is 11.1.